The molecule has 1 aromatic heterocycles. The molecular formula is C15H21N3. The zero-order valence-electron chi connectivity index (χ0n) is 11.4. The van der Waals surface area contributed by atoms with E-state index in [1.54, 1.807) is 0 Å². The van der Waals surface area contributed by atoms with E-state index in [1.807, 2.05) is 10.9 Å². The molecule has 0 aliphatic carbocycles. The van der Waals surface area contributed by atoms with Crippen molar-refractivity contribution >= 4 is 0 Å². The molecule has 0 saturated heterocycles. The van der Waals surface area contributed by atoms with Crippen LogP contribution in [0.4, 0.5) is 0 Å². The van der Waals surface area contributed by atoms with E-state index in [1.165, 1.54) is 16.7 Å². The van der Waals surface area contributed by atoms with Gasteiger partial charge in [0.05, 0.1) is 12.7 Å². The minimum atomic E-state index is 0.505. The maximum atomic E-state index is 4.39. The Hall–Kier alpha value is -1.61. The van der Waals surface area contributed by atoms with Crippen LogP contribution in [0, 0.1) is 6.92 Å². The first-order chi connectivity index (χ1) is 8.63. The Morgan fingerprint density at radius 3 is 2.56 bits per heavy atom. The van der Waals surface area contributed by atoms with E-state index in [2.05, 4.69) is 61.6 Å². The summed E-state index contributed by atoms with van der Waals surface area (Å²) in [5.41, 5.74) is 3.81. The predicted octanol–water partition coefficient (Wildman–Crippen LogP) is 2.74. The van der Waals surface area contributed by atoms with Crippen molar-refractivity contribution in [3.8, 4) is 0 Å². The molecule has 96 valence electrons. The average molecular weight is 243 g/mol. The van der Waals surface area contributed by atoms with Crippen LogP contribution >= 0.6 is 0 Å². The van der Waals surface area contributed by atoms with Crippen molar-refractivity contribution < 1.29 is 0 Å². The van der Waals surface area contributed by atoms with Gasteiger partial charge in [0.25, 0.3) is 0 Å². The Labute approximate surface area is 109 Å². The van der Waals surface area contributed by atoms with Gasteiger partial charge in [0.2, 0.25) is 0 Å². The number of nitrogens with zero attached hydrogens (tertiary/aromatic N) is 2. The summed E-state index contributed by atoms with van der Waals surface area (Å²) in [4.78, 5) is 0. The second-order valence-corrected chi connectivity index (χ2v) is 5.07. The molecule has 3 heteroatoms. The lowest BCUT2D eigenvalue weighted by Gasteiger charge is -2.05. The molecule has 2 aromatic rings. The van der Waals surface area contributed by atoms with Gasteiger partial charge in [-0.05, 0) is 12.5 Å². The van der Waals surface area contributed by atoms with Gasteiger partial charge in [-0.15, -0.1) is 0 Å². The maximum absolute atomic E-state index is 4.39. The van der Waals surface area contributed by atoms with E-state index in [0.29, 0.717) is 6.04 Å². The molecular weight excluding hydrogens is 222 g/mol. The molecule has 0 atom stereocenters. The van der Waals surface area contributed by atoms with Crippen molar-refractivity contribution in [2.75, 3.05) is 0 Å². The predicted molar refractivity (Wildman–Crippen MR) is 74.5 cm³/mol. The molecule has 0 saturated carbocycles. The Balaban J connectivity index is 1.95. The topological polar surface area (TPSA) is 29.9 Å². The molecule has 1 N–H and O–H groups in total. The Morgan fingerprint density at radius 2 is 1.89 bits per heavy atom. The van der Waals surface area contributed by atoms with Crippen LogP contribution in [0.5, 0.6) is 0 Å². The fraction of sp³-hybridized carbons (Fsp3) is 0.400. The van der Waals surface area contributed by atoms with Crippen LogP contribution < -0.4 is 5.32 Å². The van der Waals surface area contributed by atoms with Gasteiger partial charge in [-0.2, -0.15) is 5.10 Å². The summed E-state index contributed by atoms with van der Waals surface area (Å²) in [5.74, 6) is 0. The molecule has 1 heterocycles. The average Bonchev–Trinajstić information content (AvgIpc) is 2.77. The van der Waals surface area contributed by atoms with Crippen molar-refractivity contribution in [1.29, 1.82) is 0 Å². The SMILES string of the molecule is Cc1ccc(Cn2cc(CNC(C)C)cn2)cc1. The molecule has 0 spiro atoms. The number of nitrogens with one attached hydrogen (secondary N) is 1. The first-order valence-corrected chi connectivity index (χ1v) is 6.44. The third kappa shape index (κ3) is 3.70. The summed E-state index contributed by atoms with van der Waals surface area (Å²) in [6.45, 7) is 8.12. The van der Waals surface area contributed by atoms with E-state index >= 15 is 0 Å². The molecule has 0 aliphatic rings. The monoisotopic (exact) mass is 243 g/mol. The van der Waals surface area contributed by atoms with Crippen LogP contribution in [0.3, 0.4) is 0 Å². The van der Waals surface area contributed by atoms with Crippen molar-refractivity contribution in [2.45, 2.75) is 39.9 Å². The summed E-state index contributed by atoms with van der Waals surface area (Å²) in [5, 5.41) is 7.78. The van der Waals surface area contributed by atoms with E-state index in [4.69, 9.17) is 0 Å². The molecule has 2 rings (SSSR count). The summed E-state index contributed by atoms with van der Waals surface area (Å²) < 4.78 is 1.99. The van der Waals surface area contributed by atoms with Crippen LogP contribution in [-0.4, -0.2) is 15.8 Å². The van der Waals surface area contributed by atoms with Crippen LogP contribution in [0.25, 0.3) is 0 Å². The fourth-order valence-electron chi connectivity index (χ4n) is 1.79. The molecule has 0 aliphatic heterocycles. The largest absolute Gasteiger partial charge is 0.310 e. The smallest absolute Gasteiger partial charge is 0.0659 e. The lowest BCUT2D eigenvalue weighted by atomic mass is 10.1. The number of hydrogen-bond acceptors (Lipinski definition) is 2. The van der Waals surface area contributed by atoms with Gasteiger partial charge in [-0.3, -0.25) is 4.68 Å². The minimum Gasteiger partial charge on any atom is -0.310 e. The van der Waals surface area contributed by atoms with Gasteiger partial charge in [-0.25, -0.2) is 0 Å². The van der Waals surface area contributed by atoms with Crippen molar-refractivity contribution in [2.24, 2.45) is 0 Å². The van der Waals surface area contributed by atoms with E-state index in [-0.39, 0.29) is 0 Å². The number of benzene rings is 1. The van der Waals surface area contributed by atoms with Gasteiger partial charge in [-0.1, -0.05) is 43.7 Å². The zero-order valence-corrected chi connectivity index (χ0v) is 11.4. The fourth-order valence-corrected chi connectivity index (χ4v) is 1.79. The normalized spacial score (nSPS) is 11.1. The van der Waals surface area contributed by atoms with Crippen LogP contribution in [0.1, 0.15) is 30.5 Å². The third-order valence-corrected chi connectivity index (χ3v) is 2.87. The Kier molecular flexibility index (Phi) is 4.15. The van der Waals surface area contributed by atoms with Gasteiger partial charge in [0.1, 0.15) is 0 Å². The van der Waals surface area contributed by atoms with Crippen LogP contribution in [0.15, 0.2) is 36.7 Å². The number of rotatable bonds is 5. The Morgan fingerprint density at radius 1 is 1.17 bits per heavy atom. The lowest BCUT2D eigenvalue weighted by Crippen LogP contribution is -2.21. The van der Waals surface area contributed by atoms with Crippen molar-refractivity contribution in [3.63, 3.8) is 0 Å². The lowest BCUT2D eigenvalue weighted by molar-refractivity contribution is 0.588. The zero-order chi connectivity index (χ0) is 13.0. The number of aromatic nitrogens is 2. The summed E-state index contributed by atoms with van der Waals surface area (Å²) in [7, 11) is 0. The van der Waals surface area contributed by atoms with Gasteiger partial charge >= 0.3 is 0 Å². The summed E-state index contributed by atoms with van der Waals surface area (Å²) in [6.07, 6.45) is 4.04. The van der Waals surface area contributed by atoms with E-state index in [0.717, 1.165) is 13.1 Å². The van der Waals surface area contributed by atoms with E-state index < -0.39 is 0 Å². The maximum Gasteiger partial charge on any atom is 0.0659 e. The highest BCUT2D eigenvalue weighted by Gasteiger charge is 2.00. The third-order valence-electron chi connectivity index (χ3n) is 2.87. The van der Waals surface area contributed by atoms with Gasteiger partial charge < -0.3 is 5.32 Å². The summed E-state index contributed by atoms with van der Waals surface area (Å²) in [6, 6.07) is 9.09. The quantitative estimate of drug-likeness (QED) is 0.875. The molecule has 0 bridgehead atoms. The number of hydrogen-bond donors (Lipinski definition) is 1. The van der Waals surface area contributed by atoms with Gasteiger partial charge in [0.15, 0.2) is 0 Å². The molecule has 3 nitrogen and oxygen atoms in total. The van der Waals surface area contributed by atoms with Gasteiger partial charge in [0, 0.05) is 24.3 Å². The number of aryl methyl sites for hydroxylation is 1. The second kappa shape index (κ2) is 5.83. The first kappa shape index (κ1) is 12.8. The standard InChI is InChI=1S/C15H21N3/c1-12(2)16-8-15-9-17-18(11-15)10-14-6-4-13(3)5-7-14/h4-7,9,11-12,16H,8,10H2,1-3H3. The Bertz CT molecular complexity index is 483. The molecule has 0 amide bonds. The molecule has 0 radical (unpaired) electrons. The van der Waals surface area contributed by atoms with Crippen LogP contribution in [0.2, 0.25) is 0 Å². The second-order valence-electron chi connectivity index (χ2n) is 5.07. The summed E-state index contributed by atoms with van der Waals surface area (Å²) >= 11 is 0. The van der Waals surface area contributed by atoms with Crippen molar-refractivity contribution in [1.82, 2.24) is 15.1 Å². The molecule has 1 aromatic carbocycles. The van der Waals surface area contributed by atoms with E-state index in [9.17, 15) is 0 Å². The molecule has 18 heavy (non-hydrogen) atoms. The van der Waals surface area contributed by atoms with Crippen molar-refractivity contribution in [3.05, 3.63) is 53.3 Å². The first-order valence-electron chi connectivity index (χ1n) is 6.44. The minimum absolute atomic E-state index is 0.505. The highest BCUT2D eigenvalue weighted by Crippen LogP contribution is 2.06. The highest BCUT2D eigenvalue weighted by molar-refractivity contribution is 5.21. The molecule has 0 fully saturated rings. The highest BCUT2D eigenvalue weighted by atomic mass is 15.3. The van der Waals surface area contributed by atoms with Crippen LogP contribution in [-0.2, 0) is 13.1 Å². The molecule has 0 unspecified atom stereocenters.